The standard InChI is InChI=1S/C16H18BrN3O/c1-21-16-5-3-2-4-15(16)20-8-6-19(7-9-20)14-10-13(17)11-18-12-14/h2-5,10-12H,6-9H2,1H3. The van der Waals surface area contributed by atoms with Crippen molar-refractivity contribution < 1.29 is 4.74 Å². The lowest BCUT2D eigenvalue weighted by atomic mass is 10.2. The van der Waals surface area contributed by atoms with Crippen LogP contribution < -0.4 is 14.5 Å². The molecule has 4 nitrogen and oxygen atoms in total. The molecule has 110 valence electrons. The second-order valence-electron chi connectivity index (χ2n) is 5.01. The van der Waals surface area contributed by atoms with E-state index in [1.54, 1.807) is 7.11 Å². The van der Waals surface area contributed by atoms with Crippen molar-refractivity contribution in [2.75, 3.05) is 43.1 Å². The highest BCUT2D eigenvalue weighted by atomic mass is 79.9. The number of hydrogen-bond donors (Lipinski definition) is 0. The predicted octanol–water partition coefficient (Wildman–Crippen LogP) is 3.18. The molecule has 0 spiro atoms. The summed E-state index contributed by atoms with van der Waals surface area (Å²) in [5.74, 6) is 0.940. The highest BCUT2D eigenvalue weighted by Crippen LogP contribution is 2.29. The molecule has 1 aromatic heterocycles. The van der Waals surface area contributed by atoms with Crippen LogP contribution in [0.4, 0.5) is 11.4 Å². The fraction of sp³-hybridized carbons (Fsp3) is 0.312. The van der Waals surface area contributed by atoms with Crippen LogP contribution in [0.2, 0.25) is 0 Å². The molecule has 0 N–H and O–H groups in total. The van der Waals surface area contributed by atoms with Gasteiger partial charge in [0, 0.05) is 36.8 Å². The van der Waals surface area contributed by atoms with E-state index in [0.29, 0.717) is 0 Å². The van der Waals surface area contributed by atoms with Gasteiger partial charge in [-0.05, 0) is 34.1 Å². The molecule has 21 heavy (non-hydrogen) atoms. The first-order valence-corrected chi connectivity index (χ1v) is 7.80. The molecule has 0 saturated carbocycles. The monoisotopic (exact) mass is 347 g/mol. The van der Waals surface area contributed by atoms with E-state index in [4.69, 9.17) is 4.74 Å². The maximum absolute atomic E-state index is 5.45. The third-order valence-electron chi connectivity index (χ3n) is 3.76. The Bertz CT molecular complexity index is 612. The Morgan fingerprint density at radius 2 is 1.76 bits per heavy atom. The molecule has 1 saturated heterocycles. The maximum atomic E-state index is 5.45. The number of benzene rings is 1. The predicted molar refractivity (Wildman–Crippen MR) is 89.4 cm³/mol. The van der Waals surface area contributed by atoms with Gasteiger partial charge in [0.2, 0.25) is 0 Å². The van der Waals surface area contributed by atoms with Gasteiger partial charge in [0.05, 0.1) is 24.7 Å². The lowest BCUT2D eigenvalue weighted by molar-refractivity contribution is 0.413. The van der Waals surface area contributed by atoms with E-state index in [1.807, 2.05) is 24.5 Å². The summed E-state index contributed by atoms with van der Waals surface area (Å²) < 4.78 is 6.47. The van der Waals surface area contributed by atoms with E-state index in [0.717, 1.165) is 36.4 Å². The Labute approximate surface area is 133 Å². The molecule has 1 aromatic carbocycles. The summed E-state index contributed by atoms with van der Waals surface area (Å²) in [7, 11) is 1.72. The summed E-state index contributed by atoms with van der Waals surface area (Å²) >= 11 is 3.48. The Balaban J connectivity index is 1.70. The van der Waals surface area contributed by atoms with Crippen LogP contribution in [0.5, 0.6) is 5.75 Å². The van der Waals surface area contributed by atoms with E-state index in [2.05, 4.69) is 48.9 Å². The van der Waals surface area contributed by atoms with Gasteiger partial charge in [-0.3, -0.25) is 4.98 Å². The molecular formula is C16H18BrN3O. The van der Waals surface area contributed by atoms with Crippen LogP contribution >= 0.6 is 15.9 Å². The van der Waals surface area contributed by atoms with E-state index >= 15 is 0 Å². The van der Waals surface area contributed by atoms with E-state index in [1.165, 1.54) is 11.4 Å². The average Bonchev–Trinajstić information content (AvgIpc) is 2.55. The van der Waals surface area contributed by atoms with Crippen molar-refractivity contribution in [2.24, 2.45) is 0 Å². The topological polar surface area (TPSA) is 28.6 Å². The number of anilines is 2. The summed E-state index contributed by atoms with van der Waals surface area (Å²) in [4.78, 5) is 8.98. The summed E-state index contributed by atoms with van der Waals surface area (Å²) in [6.45, 7) is 3.92. The second-order valence-corrected chi connectivity index (χ2v) is 5.92. The SMILES string of the molecule is COc1ccccc1N1CCN(c2cncc(Br)c2)CC1. The Hall–Kier alpha value is -1.75. The second kappa shape index (κ2) is 6.35. The zero-order valence-corrected chi connectivity index (χ0v) is 13.6. The van der Waals surface area contributed by atoms with Gasteiger partial charge >= 0.3 is 0 Å². The number of halogens is 1. The quantitative estimate of drug-likeness (QED) is 0.852. The number of para-hydroxylation sites is 2. The van der Waals surface area contributed by atoms with Crippen molar-refractivity contribution in [3.05, 3.63) is 47.2 Å². The van der Waals surface area contributed by atoms with Crippen molar-refractivity contribution >= 4 is 27.3 Å². The number of aromatic nitrogens is 1. The zero-order chi connectivity index (χ0) is 14.7. The minimum Gasteiger partial charge on any atom is -0.495 e. The molecule has 0 radical (unpaired) electrons. The van der Waals surface area contributed by atoms with Crippen LogP contribution in [-0.2, 0) is 0 Å². The van der Waals surface area contributed by atoms with Gasteiger partial charge in [-0.25, -0.2) is 0 Å². The number of pyridine rings is 1. The van der Waals surface area contributed by atoms with Gasteiger partial charge < -0.3 is 14.5 Å². The van der Waals surface area contributed by atoms with E-state index in [9.17, 15) is 0 Å². The normalized spacial score (nSPS) is 15.1. The van der Waals surface area contributed by atoms with Crippen LogP contribution in [0, 0.1) is 0 Å². The van der Waals surface area contributed by atoms with Gasteiger partial charge in [0.1, 0.15) is 5.75 Å². The molecule has 1 fully saturated rings. The number of rotatable bonds is 3. The summed E-state index contributed by atoms with van der Waals surface area (Å²) in [6, 6.07) is 10.3. The maximum Gasteiger partial charge on any atom is 0.142 e. The fourth-order valence-electron chi connectivity index (χ4n) is 2.67. The highest BCUT2D eigenvalue weighted by Gasteiger charge is 2.19. The van der Waals surface area contributed by atoms with Gasteiger partial charge in [-0.2, -0.15) is 0 Å². The smallest absolute Gasteiger partial charge is 0.142 e. The van der Waals surface area contributed by atoms with Crippen LogP contribution in [-0.4, -0.2) is 38.3 Å². The average molecular weight is 348 g/mol. The Kier molecular flexibility index (Phi) is 4.29. The molecule has 3 rings (SSSR count). The van der Waals surface area contributed by atoms with Crippen molar-refractivity contribution in [2.45, 2.75) is 0 Å². The fourth-order valence-corrected chi connectivity index (χ4v) is 3.02. The molecule has 0 aliphatic carbocycles. The van der Waals surface area contributed by atoms with Crippen molar-refractivity contribution in [1.29, 1.82) is 0 Å². The van der Waals surface area contributed by atoms with Crippen LogP contribution in [0.25, 0.3) is 0 Å². The zero-order valence-electron chi connectivity index (χ0n) is 12.0. The molecule has 1 aliphatic heterocycles. The molecule has 2 heterocycles. The summed E-state index contributed by atoms with van der Waals surface area (Å²) in [6.07, 6.45) is 3.73. The minimum absolute atomic E-state index is 0.940. The first kappa shape index (κ1) is 14.2. The van der Waals surface area contributed by atoms with Gasteiger partial charge in [0.15, 0.2) is 0 Å². The Morgan fingerprint density at radius 3 is 2.48 bits per heavy atom. The first-order valence-electron chi connectivity index (χ1n) is 7.01. The molecular weight excluding hydrogens is 330 g/mol. The number of hydrogen-bond acceptors (Lipinski definition) is 4. The summed E-state index contributed by atoms with van der Waals surface area (Å²) in [5.41, 5.74) is 2.34. The van der Waals surface area contributed by atoms with Crippen LogP contribution in [0.15, 0.2) is 47.2 Å². The van der Waals surface area contributed by atoms with Crippen molar-refractivity contribution in [3.8, 4) is 5.75 Å². The lowest BCUT2D eigenvalue weighted by Crippen LogP contribution is -2.46. The molecule has 0 amide bonds. The molecule has 0 bridgehead atoms. The molecule has 0 unspecified atom stereocenters. The van der Waals surface area contributed by atoms with E-state index in [-0.39, 0.29) is 0 Å². The molecule has 0 atom stereocenters. The van der Waals surface area contributed by atoms with Crippen LogP contribution in [0.1, 0.15) is 0 Å². The largest absolute Gasteiger partial charge is 0.495 e. The Morgan fingerprint density at radius 1 is 1.05 bits per heavy atom. The third-order valence-corrected chi connectivity index (χ3v) is 4.19. The number of ether oxygens (including phenoxy) is 1. The third kappa shape index (κ3) is 3.13. The van der Waals surface area contributed by atoms with Gasteiger partial charge in [0.25, 0.3) is 0 Å². The van der Waals surface area contributed by atoms with Gasteiger partial charge in [-0.15, -0.1) is 0 Å². The van der Waals surface area contributed by atoms with Crippen molar-refractivity contribution in [1.82, 2.24) is 4.98 Å². The first-order chi connectivity index (χ1) is 10.3. The van der Waals surface area contributed by atoms with E-state index < -0.39 is 0 Å². The summed E-state index contributed by atoms with van der Waals surface area (Å²) in [5, 5.41) is 0. The lowest BCUT2D eigenvalue weighted by Gasteiger charge is -2.37. The van der Waals surface area contributed by atoms with Crippen LogP contribution in [0.3, 0.4) is 0 Å². The molecule has 2 aromatic rings. The number of piperazine rings is 1. The van der Waals surface area contributed by atoms with Gasteiger partial charge in [-0.1, -0.05) is 12.1 Å². The minimum atomic E-state index is 0.940. The number of methoxy groups -OCH3 is 1. The number of nitrogens with zero attached hydrogens (tertiary/aromatic N) is 3. The highest BCUT2D eigenvalue weighted by molar-refractivity contribution is 9.10. The molecule has 1 aliphatic rings. The molecule has 5 heteroatoms. The van der Waals surface area contributed by atoms with Crippen molar-refractivity contribution in [3.63, 3.8) is 0 Å².